The van der Waals surface area contributed by atoms with Crippen molar-refractivity contribution in [2.45, 2.75) is 24.9 Å². The van der Waals surface area contributed by atoms with Gasteiger partial charge in [0.05, 0.1) is 12.6 Å². The molecule has 29 heavy (non-hydrogen) atoms. The number of piperazine rings is 1. The zero-order valence-electron chi connectivity index (χ0n) is 15.3. The van der Waals surface area contributed by atoms with E-state index in [0.717, 1.165) is 27.7 Å². The molecule has 3 aromatic rings. The van der Waals surface area contributed by atoms with E-state index >= 15 is 0 Å². The normalized spacial score (nSPS) is 25.0. The maximum Gasteiger partial charge on any atom is 0.300 e. The van der Waals surface area contributed by atoms with Gasteiger partial charge in [0.1, 0.15) is 6.04 Å². The van der Waals surface area contributed by atoms with Gasteiger partial charge in [0.2, 0.25) is 11.8 Å². The molecule has 0 bridgehead atoms. The van der Waals surface area contributed by atoms with Crippen molar-refractivity contribution in [3.05, 3.63) is 59.3 Å². The van der Waals surface area contributed by atoms with Crippen molar-refractivity contribution < 1.29 is 19.1 Å². The highest BCUT2D eigenvalue weighted by molar-refractivity contribution is 5.97. The fraction of sp³-hybridized carbons (Fsp3) is 0.238. The highest BCUT2D eigenvalue weighted by atomic mass is 16.7. The molecular formula is C21H18N4O4. The van der Waals surface area contributed by atoms with Gasteiger partial charge < -0.3 is 24.7 Å². The SMILES string of the molecule is NC1Oc2ccc([C@@H]3c4[nH]c5ccccc5c4C[C@@H]4C(=O)NCC(=O)N34)cc2O1. The van der Waals surface area contributed by atoms with E-state index in [9.17, 15) is 9.59 Å². The molecule has 8 heteroatoms. The van der Waals surface area contributed by atoms with Crippen molar-refractivity contribution >= 4 is 22.7 Å². The van der Waals surface area contributed by atoms with Crippen LogP contribution in [0.25, 0.3) is 10.9 Å². The molecule has 1 unspecified atom stereocenters. The second-order valence-electron chi connectivity index (χ2n) is 7.51. The maximum atomic E-state index is 12.9. The number of carbonyl (C=O) groups is 2. The van der Waals surface area contributed by atoms with Gasteiger partial charge in [-0.1, -0.05) is 24.3 Å². The van der Waals surface area contributed by atoms with E-state index in [-0.39, 0.29) is 18.4 Å². The van der Waals surface area contributed by atoms with E-state index in [1.165, 1.54) is 0 Å². The molecule has 0 aliphatic carbocycles. The Kier molecular flexibility index (Phi) is 3.25. The van der Waals surface area contributed by atoms with Crippen LogP contribution in [0.5, 0.6) is 11.5 Å². The smallest absolute Gasteiger partial charge is 0.300 e. The summed E-state index contributed by atoms with van der Waals surface area (Å²) in [5, 5.41) is 3.79. The van der Waals surface area contributed by atoms with Crippen LogP contribution < -0.4 is 20.5 Å². The Morgan fingerprint density at radius 3 is 2.79 bits per heavy atom. The zero-order valence-corrected chi connectivity index (χ0v) is 15.3. The van der Waals surface area contributed by atoms with Crippen molar-refractivity contribution in [1.29, 1.82) is 0 Å². The molecule has 4 N–H and O–H groups in total. The molecule has 6 rings (SSSR count). The first kappa shape index (κ1) is 16.4. The van der Waals surface area contributed by atoms with Crippen molar-refractivity contribution in [1.82, 2.24) is 15.2 Å². The third-order valence-corrected chi connectivity index (χ3v) is 5.91. The molecule has 4 heterocycles. The highest BCUT2D eigenvalue weighted by Crippen LogP contribution is 2.44. The first-order valence-corrected chi connectivity index (χ1v) is 9.51. The first-order valence-electron chi connectivity index (χ1n) is 9.51. The monoisotopic (exact) mass is 390 g/mol. The van der Waals surface area contributed by atoms with Crippen LogP contribution in [0.2, 0.25) is 0 Å². The van der Waals surface area contributed by atoms with Gasteiger partial charge in [-0.2, -0.15) is 0 Å². The number of fused-ring (bicyclic) bond motifs is 5. The number of para-hydroxylation sites is 1. The number of amides is 2. The number of benzene rings is 2. The molecule has 1 fully saturated rings. The summed E-state index contributed by atoms with van der Waals surface area (Å²) in [4.78, 5) is 30.7. The number of carbonyl (C=O) groups excluding carboxylic acids is 2. The molecular weight excluding hydrogens is 372 g/mol. The molecule has 146 valence electrons. The minimum atomic E-state index is -0.842. The zero-order chi connectivity index (χ0) is 19.7. The van der Waals surface area contributed by atoms with E-state index in [1.54, 1.807) is 11.0 Å². The average molecular weight is 390 g/mol. The molecule has 3 aliphatic heterocycles. The van der Waals surface area contributed by atoms with Crippen molar-refractivity contribution in [2.75, 3.05) is 6.54 Å². The number of rotatable bonds is 1. The van der Waals surface area contributed by atoms with Gasteiger partial charge in [0.25, 0.3) is 6.41 Å². The summed E-state index contributed by atoms with van der Waals surface area (Å²) in [5.74, 6) is 0.850. The largest absolute Gasteiger partial charge is 0.438 e. The summed E-state index contributed by atoms with van der Waals surface area (Å²) >= 11 is 0. The fourth-order valence-corrected chi connectivity index (χ4v) is 4.68. The van der Waals surface area contributed by atoms with Crippen LogP contribution in [0, 0.1) is 0 Å². The van der Waals surface area contributed by atoms with Crippen LogP contribution in [0.4, 0.5) is 0 Å². The van der Waals surface area contributed by atoms with Crippen LogP contribution in [-0.2, 0) is 16.0 Å². The molecule has 8 nitrogen and oxygen atoms in total. The predicted molar refractivity (Wildman–Crippen MR) is 103 cm³/mol. The highest BCUT2D eigenvalue weighted by Gasteiger charge is 2.46. The molecule has 1 aromatic heterocycles. The number of H-pyrrole nitrogens is 1. The second-order valence-corrected chi connectivity index (χ2v) is 7.51. The Balaban J connectivity index is 1.58. The number of aromatic nitrogens is 1. The molecule has 0 spiro atoms. The molecule has 3 aliphatic rings. The predicted octanol–water partition coefficient (Wildman–Crippen LogP) is 1.15. The van der Waals surface area contributed by atoms with Crippen molar-refractivity contribution in [2.24, 2.45) is 5.73 Å². The number of nitrogens with zero attached hydrogens (tertiary/aromatic N) is 1. The van der Waals surface area contributed by atoms with Crippen molar-refractivity contribution in [3.8, 4) is 11.5 Å². The van der Waals surface area contributed by atoms with Crippen LogP contribution in [0.3, 0.4) is 0 Å². The molecule has 2 amide bonds. The Morgan fingerprint density at radius 2 is 1.90 bits per heavy atom. The second kappa shape index (κ2) is 5.74. The number of aromatic amines is 1. The summed E-state index contributed by atoms with van der Waals surface area (Å²) in [6, 6.07) is 12.5. The quantitative estimate of drug-likeness (QED) is 0.578. The van der Waals surface area contributed by atoms with Crippen LogP contribution in [-0.4, -0.2) is 40.7 Å². The molecule has 1 saturated heterocycles. The van der Waals surface area contributed by atoms with Crippen molar-refractivity contribution in [3.63, 3.8) is 0 Å². The van der Waals surface area contributed by atoms with E-state index in [1.807, 2.05) is 36.4 Å². The van der Waals surface area contributed by atoms with E-state index < -0.39 is 18.5 Å². The van der Waals surface area contributed by atoms with E-state index in [2.05, 4.69) is 10.3 Å². The van der Waals surface area contributed by atoms with Crippen LogP contribution >= 0.6 is 0 Å². The average Bonchev–Trinajstić information content (AvgIpc) is 3.28. The number of ether oxygens (including phenoxy) is 2. The minimum absolute atomic E-state index is 0.00315. The van der Waals surface area contributed by atoms with Gasteiger partial charge in [-0.25, -0.2) is 0 Å². The first-order chi connectivity index (χ1) is 14.1. The van der Waals surface area contributed by atoms with Gasteiger partial charge in [-0.05, 0) is 29.3 Å². The van der Waals surface area contributed by atoms with Gasteiger partial charge >= 0.3 is 0 Å². The number of hydrogen-bond acceptors (Lipinski definition) is 5. The van der Waals surface area contributed by atoms with Gasteiger partial charge in [-0.15, -0.1) is 0 Å². The van der Waals surface area contributed by atoms with Gasteiger partial charge in [0, 0.05) is 23.0 Å². The Hall–Kier alpha value is -3.52. The summed E-state index contributed by atoms with van der Waals surface area (Å²) in [6.45, 7) is -0.00315. The minimum Gasteiger partial charge on any atom is -0.438 e. The summed E-state index contributed by atoms with van der Waals surface area (Å²) in [5.41, 5.74) is 9.52. The lowest BCUT2D eigenvalue weighted by Crippen LogP contribution is -2.61. The maximum absolute atomic E-state index is 12.9. The van der Waals surface area contributed by atoms with Crippen LogP contribution in [0.1, 0.15) is 22.9 Å². The lowest BCUT2D eigenvalue weighted by Gasteiger charge is -2.44. The molecule has 3 atom stereocenters. The topological polar surface area (TPSA) is 110 Å². The van der Waals surface area contributed by atoms with E-state index in [4.69, 9.17) is 15.2 Å². The van der Waals surface area contributed by atoms with Gasteiger partial charge in [-0.3, -0.25) is 15.3 Å². The number of nitrogens with two attached hydrogens (primary N) is 1. The van der Waals surface area contributed by atoms with Crippen LogP contribution in [0.15, 0.2) is 42.5 Å². The van der Waals surface area contributed by atoms with Gasteiger partial charge in [0.15, 0.2) is 11.5 Å². The molecule has 2 aromatic carbocycles. The third-order valence-electron chi connectivity index (χ3n) is 5.91. The lowest BCUT2D eigenvalue weighted by atomic mass is 9.86. The Labute approximate surface area is 165 Å². The number of nitrogens with one attached hydrogen (secondary N) is 2. The fourth-order valence-electron chi connectivity index (χ4n) is 4.68. The third kappa shape index (κ3) is 2.29. The summed E-state index contributed by atoms with van der Waals surface area (Å²) in [6.07, 6.45) is -0.367. The Morgan fingerprint density at radius 1 is 1.07 bits per heavy atom. The molecule has 0 saturated carbocycles. The van der Waals surface area contributed by atoms with E-state index in [0.29, 0.717) is 17.9 Å². The Bertz CT molecular complexity index is 1190. The molecule has 0 radical (unpaired) electrons. The summed E-state index contributed by atoms with van der Waals surface area (Å²) in [7, 11) is 0. The number of hydrogen-bond donors (Lipinski definition) is 3. The lowest BCUT2D eigenvalue weighted by molar-refractivity contribution is -0.148. The standard InChI is InChI=1S/C21H18N4O4/c22-21-28-15-6-5-10(7-16(15)29-21)19-18-12(11-3-1-2-4-13(11)24-18)8-14-20(27)23-9-17(26)25(14)19/h1-7,14,19,21,24H,8-9,22H2,(H,23,27)/t14-,19-,21?/m1/s1. The summed E-state index contributed by atoms with van der Waals surface area (Å²) < 4.78 is 10.9.